The third-order valence-electron chi connectivity index (χ3n) is 2.45. The van der Waals surface area contributed by atoms with E-state index in [4.69, 9.17) is 10.8 Å². The molecule has 84 valence electrons. The summed E-state index contributed by atoms with van der Waals surface area (Å²) in [7, 11) is 0. The lowest BCUT2D eigenvalue weighted by Crippen LogP contribution is -2.47. The zero-order valence-electron chi connectivity index (χ0n) is 8.26. The van der Waals surface area contributed by atoms with E-state index < -0.39 is 30.4 Å². The second-order valence-corrected chi connectivity index (χ2v) is 3.58. The molecule has 1 rings (SSSR count). The fourth-order valence-corrected chi connectivity index (χ4v) is 1.70. The third kappa shape index (κ3) is 2.76. The number of hydrogen-bond acceptors (Lipinski definition) is 4. The molecule has 3 N–H and O–H groups in total. The minimum atomic E-state index is -1.11. The van der Waals surface area contributed by atoms with E-state index in [0.717, 1.165) is 6.42 Å². The van der Waals surface area contributed by atoms with Gasteiger partial charge >= 0.3 is 5.97 Å². The van der Waals surface area contributed by atoms with Crippen LogP contribution in [0.3, 0.4) is 0 Å². The Morgan fingerprint density at radius 2 is 2.27 bits per heavy atom. The van der Waals surface area contributed by atoms with E-state index in [2.05, 4.69) is 0 Å². The van der Waals surface area contributed by atoms with E-state index in [9.17, 15) is 14.4 Å². The fourth-order valence-electron chi connectivity index (χ4n) is 1.70. The van der Waals surface area contributed by atoms with Crippen molar-refractivity contribution < 1.29 is 19.5 Å². The van der Waals surface area contributed by atoms with Gasteiger partial charge in [0, 0.05) is 6.54 Å². The average molecular weight is 214 g/mol. The predicted molar refractivity (Wildman–Crippen MR) is 51.0 cm³/mol. The SMILES string of the molecule is NC(CC(=O)O)C(=O)N1CCCC1C=O. The van der Waals surface area contributed by atoms with Crippen molar-refractivity contribution in [1.82, 2.24) is 4.90 Å². The van der Waals surface area contributed by atoms with Crippen molar-refractivity contribution in [3.05, 3.63) is 0 Å². The maximum absolute atomic E-state index is 11.6. The highest BCUT2D eigenvalue weighted by molar-refractivity contribution is 5.88. The van der Waals surface area contributed by atoms with Gasteiger partial charge in [-0.1, -0.05) is 0 Å². The Balaban J connectivity index is 2.58. The molecule has 15 heavy (non-hydrogen) atoms. The van der Waals surface area contributed by atoms with E-state index in [-0.39, 0.29) is 0 Å². The molecular formula is C9H14N2O4. The van der Waals surface area contributed by atoms with Gasteiger partial charge in [0.25, 0.3) is 0 Å². The van der Waals surface area contributed by atoms with Crippen LogP contribution in [-0.4, -0.2) is 46.8 Å². The van der Waals surface area contributed by atoms with Gasteiger partial charge in [-0.2, -0.15) is 0 Å². The molecule has 0 saturated carbocycles. The second kappa shape index (κ2) is 4.88. The van der Waals surface area contributed by atoms with Crippen LogP contribution < -0.4 is 5.73 Å². The Hall–Kier alpha value is -1.43. The summed E-state index contributed by atoms with van der Waals surface area (Å²) in [5.41, 5.74) is 5.43. The largest absolute Gasteiger partial charge is 0.481 e. The molecule has 0 aromatic heterocycles. The number of amides is 1. The second-order valence-electron chi connectivity index (χ2n) is 3.58. The maximum Gasteiger partial charge on any atom is 0.305 e. The lowest BCUT2D eigenvalue weighted by atomic mass is 10.2. The summed E-state index contributed by atoms with van der Waals surface area (Å²) in [5, 5.41) is 8.48. The number of carbonyl (C=O) groups excluding carboxylic acids is 2. The van der Waals surface area contributed by atoms with Crippen molar-refractivity contribution in [3.8, 4) is 0 Å². The highest BCUT2D eigenvalue weighted by Crippen LogP contribution is 2.16. The predicted octanol–water partition coefficient (Wildman–Crippen LogP) is -1.02. The molecule has 6 heteroatoms. The van der Waals surface area contributed by atoms with Crippen molar-refractivity contribution in [2.75, 3.05) is 6.54 Å². The van der Waals surface area contributed by atoms with E-state index in [1.807, 2.05) is 0 Å². The van der Waals surface area contributed by atoms with E-state index in [1.165, 1.54) is 4.90 Å². The molecule has 0 radical (unpaired) electrons. The van der Waals surface area contributed by atoms with Gasteiger partial charge in [-0.3, -0.25) is 9.59 Å². The molecule has 0 aliphatic carbocycles. The minimum absolute atomic E-state index is 0.402. The molecular weight excluding hydrogens is 200 g/mol. The first-order chi connectivity index (χ1) is 7.06. The smallest absolute Gasteiger partial charge is 0.305 e. The van der Waals surface area contributed by atoms with Crippen molar-refractivity contribution in [2.24, 2.45) is 5.73 Å². The topological polar surface area (TPSA) is 101 Å². The quantitative estimate of drug-likeness (QED) is 0.583. The molecule has 0 aromatic rings. The molecule has 1 aliphatic rings. The van der Waals surface area contributed by atoms with Crippen LogP contribution >= 0.6 is 0 Å². The van der Waals surface area contributed by atoms with Gasteiger partial charge in [0.1, 0.15) is 6.29 Å². The highest BCUT2D eigenvalue weighted by atomic mass is 16.4. The zero-order valence-corrected chi connectivity index (χ0v) is 8.26. The number of carboxylic acids is 1. The Bertz CT molecular complexity index is 279. The lowest BCUT2D eigenvalue weighted by molar-refractivity contribution is -0.142. The Morgan fingerprint density at radius 3 is 2.80 bits per heavy atom. The van der Waals surface area contributed by atoms with Crippen LogP contribution in [0.4, 0.5) is 0 Å². The first-order valence-electron chi connectivity index (χ1n) is 4.79. The van der Waals surface area contributed by atoms with Gasteiger partial charge in [-0.05, 0) is 12.8 Å². The minimum Gasteiger partial charge on any atom is -0.481 e. The summed E-state index contributed by atoms with van der Waals surface area (Å²) in [6, 6.07) is -1.49. The highest BCUT2D eigenvalue weighted by Gasteiger charge is 2.31. The fraction of sp³-hybridized carbons (Fsp3) is 0.667. The van der Waals surface area contributed by atoms with Crippen LogP contribution in [0.25, 0.3) is 0 Å². The first kappa shape index (κ1) is 11.6. The van der Waals surface area contributed by atoms with Crippen LogP contribution in [0.2, 0.25) is 0 Å². The number of likely N-dealkylation sites (tertiary alicyclic amines) is 1. The van der Waals surface area contributed by atoms with E-state index >= 15 is 0 Å². The summed E-state index contributed by atoms with van der Waals surface area (Å²) in [6.07, 6.45) is 1.70. The molecule has 0 bridgehead atoms. The van der Waals surface area contributed by atoms with E-state index in [1.54, 1.807) is 0 Å². The number of aliphatic carboxylic acids is 1. The van der Waals surface area contributed by atoms with Gasteiger partial charge in [-0.15, -0.1) is 0 Å². The van der Waals surface area contributed by atoms with Gasteiger partial charge in [0.05, 0.1) is 18.5 Å². The number of nitrogens with two attached hydrogens (primary N) is 1. The molecule has 6 nitrogen and oxygen atoms in total. The molecule has 0 aromatic carbocycles. The summed E-state index contributed by atoms with van der Waals surface area (Å²) in [4.78, 5) is 34.0. The number of hydrogen-bond donors (Lipinski definition) is 2. The molecule has 1 fully saturated rings. The molecule has 1 saturated heterocycles. The summed E-state index contributed by atoms with van der Waals surface area (Å²) in [6.45, 7) is 0.482. The van der Waals surface area contributed by atoms with Crippen molar-refractivity contribution >= 4 is 18.2 Å². The number of nitrogens with zero attached hydrogens (tertiary/aromatic N) is 1. The Labute approximate surface area is 87.0 Å². The van der Waals surface area contributed by atoms with Gasteiger partial charge < -0.3 is 20.5 Å². The van der Waals surface area contributed by atoms with Crippen molar-refractivity contribution in [2.45, 2.75) is 31.3 Å². The molecule has 2 unspecified atom stereocenters. The monoisotopic (exact) mass is 214 g/mol. The van der Waals surface area contributed by atoms with Crippen LogP contribution in [0.1, 0.15) is 19.3 Å². The lowest BCUT2D eigenvalue weighted by Gasteiger charge is -2.23. The maximum atomic E-state index is 11.6. The number of rotatable bonds is 4. The number of carbonyl (C=O) groups is 3. The Kier molecular flexibility index (Phi) is 3.79. The standard InChI is InChI=1S/C9H14N2O4/c10-7(4-8(13)14)9(15)11-3-1-2-6(11)5-12/h5-7H,1-4,10H2,(H,13,14). The van der Waals surface area contributed by atoms with Crippen molar-refractivity contribution in [3.63, 3.8) is 0 Å². The Morgan fingerprint density at radius 1 is 1.60 bits per heavy atom. The molecule has 1 amide bonds. The van der Waals surface area contributed by atoms with E-state index in [0.29, 0.717) is 19.3 Å². The van der Waals surface area contributed by atoms with Gasteiger partial charge in [0.15, 0.2) is 0 Å². The first-order valence-corrected chi connectivity index (χ1v) is 4.79. The van der Waals surface area contributed by atoms with Crippen LogP contribution in [-0.2, 0) is 14.4 Å². The van der Waals surface area contributed by atoms with Gasteiger partial charge in [-0.25, -0.2) is 0 Å². The summed E-state index contributed by atoms with van der Waals surface area (Å²) in [5.74, 6) is -1.57. The average Bonchev–Trinajstić information content (AvgIpc) is 2.62. The zero-order chi connectivity index (χ0) is 11.4. The normalized spacial score (nSPS) is 22.5. The van der Waals surface area contributed by atoms with Crippen LogP contribution in [0.5, 0.6) is 0 Å². The van der Waals surface area contributed by atoms with Crippen molar-refractivity contribution in [1.29, 1.82) is 0 Å². The number of aldehydes is 1. The molecule has 1 aliphatic heterocycles. The van der Waals surface area contributed by atoms with Crippen LogP contribution in [0, 0.1) is 0 Å². The summed E-state index contributed by atoms with van der Waals surface area (Å²) < 4.78 is 0. The summed E-state index contributed by atoms with van der Waals surface area (Å²) >= 11 is 0. The van der Waals surface area contributed by atoms with Gasteiger partial charge in [0.2, 0.25) is 5.91 Å². The third-order valence-corrected chi connectivity index (χ3v) is 2.45. The van der Waals surface area contributed by atoms with Crippen LogP contribution in [0.15, 0.2) is 0 Å². The molecule has 1 heterocycles. The molecule has 2 atom stereocenters. The number of carboxylic acid groups (broad SMARTS) is 1. The molecule has 0 spiro atoms.